The molecule has 8 heteroatoms. The van der Waals surface area contributed by atoms with E-state index in [2.05, 4.69) is 5.32 Å². The van der Waals surface area contributed by atoms with E-state index in [9.17, 15) is 18.0 Å². The van der Waals surface area contributed by atoms with Gasteiger partial charge < -0.3 is 5.32 Å². The molecule has 0 spiro atoms. The Labute approximate surface area is 157 Å². The van der Waals surface area contributed by atoms with Gasteiger partial charge in [0.1, 0.15) is 6.54 Å². The normalized spacial score (nSPS) is 11.1. The number of amides is 1. The van der Waals surface area contributed by atoms with Gasteiger partial charge in [-0.2, -0.15) is 0 Å². The van der Waals surface area contributed by atoms with Crippen LogP contribution in [0.3, 0.4) is 0 Å². The molecule has 0 bridgehead atoms. The lowest BCUT2D eigenvalue weighted by Crippen LogP contribution is -2.37. The van der Waals surface area contributed by atoms with Gasteiger partial charge in [0.2, 0.25) is 15.9 Å². The Balaban J connectivity index is 2.22. The second-order valence-electron chi connectivity index (χ2n) is 5.88. The zero-order valence-corrected chi connectivity index (χ0v) is 16.2. The SMILES string of the molecule is CC(=O)c1ccc(NC(=O)CN(c2cc(Cl)ccc2C)S(C)(=O)=O)cc1. The molecule has 2 rings (SSSR count). The Kier molecular flexibility index (Phi) is 6.05. The number of hydrogen-bond donors (Lipinski definition) is 1. The number of halogens is 1. The minimum absolute atomic E-state index is 0.0810. The van der Waals surface area contributed by atoms with Gasteiger partial charge in [-0.1, -0.05) is 17.7 Å². The van der Waals surface area contributed by atoms with Crippen LogP contribution in [0.25, 0.3) is 0 Å². The maximum absolute atomic E-state index is 12.3. The predicted molar refractivity (Wildman–Crippen MR) is 103 cm³/mol. The molecule has 6 nitrogen and oxygen atoms in total. The number of benzene rings is 2. The first-order valence-electron chi connectivity index (χ1n) is 7.72. The van der Waals surface area contributed by atoms with E-state index in [-0.39, 0.29) is 5.78 Å². The molecular formula is C18H19ClN2O4S. The van der Waals surface area contributed by atoms with E-state index in [1.165, 1.54) is 13.0 Å². The molecule has 0 aliphatic heterocycles. The minimum atomic E-state index is -3.69. The number of ketones is 1. The molecule has 0 aliphatic carbocycles. The van der Waals surface area contributed by atoms with Crippen molar-refractivity contribution in [1.82, 2.24) is 0 Å². The molecule has 0 saturated carbocycles. The average molecular weight is 395 g/mol. The van der Waals surface area contributed by atoms with Crippen molar-refractivity contribution in [3.8, 4) is 0 Å². The molecule has 138 valence electrons. The number of carbonyl (C=O) groups excluding carboxylic acids is 2. The number of rotatable bonds is 6. The molecule has 0 atom stereocenters. The fraction of sp³-hybridized carbons (Fsp3) is 0.222. The van der Waals surface area contributed by atoms with Crippen LogP contribution in [0.4, 0.5) is 11.4 Å². The lowest BCUT2D eigenvalue weighted by atomic mass is 10.1. The first-order valence-corrected chi connectivity index (χ1v) is 9.95. The molecule has 0 aromatic heterocycles. The van der Waals surface area contributed by atoms with E-state index in [1.807, 2.05) is 0 Å². The summed E-state index contributed by atoms with van der Waals surface area (Å²) in [4.78, 5) is 23.6. The van der Waals surface area contributed by atoms with Gasteiger partial charge in [-0.05, 0) is 55.8 Å². The summed E-state index contributed by atoms with van der Waals surface area (Å²) < 4.78 is 25.3. The quantitative estimate of drug-likeness (QED) is 0.762. The molecule has 0 unspecified atom stereocenters. The monoisotopic (exact) mass is 394 g/mol. The maximum Gasteiger partial charge on any atom is 0.245 e. The van der Waals surface area contributed by atoms with Gasteiger partial charge in [0.15, 0.2) is 5.78 Å². The Morgan fingerprint density at radius 1 is 1.12 bits per heavy atom. The third-order valence-corrected chi connectivity index (χ3v) is 5.06. The summed E-state index contributed by atoms with van der Waals surface area (Å²) in [6.07, 6.45) is 1.03. The number of sulfonamides is 1. The number of carbonyl (C=O) groups is 2. The smallest absolute Gasteiger partial charge is 0.245 e. The van der Waals surface area contributed by atoms with Crippen molar-refractivity contribution in [2.45, 2.75) is 13.8 Å². The van der Waals surface area contributed by atoms with Gasteiger partial charge >= 0.3 is 0 Å². The number of Topliss-reactive ketones (excluding diaryl/α,β-unsaturated/α-hetero) is 1. The fourth-order valence-electron chi connectivity index (χ4n) is 2.35. The minimum Gasteiger partial charge on any atom is -0.325 e. The summed E-state index contributed by atoms with van der Waals surface area (Å²) in [7, 11) is -3.69. The van der Waals surface area contributed by atoms with Gasteiger partial charge in [-0.15, -0.1) is 0 Å². The topological polar surface area (TPSA) is 83.6 Å². The first-order chi connectivity index (χ1) is 12.1. The maximum atomic E-state index is 12.3. The Morgan fingerprint density at radius 3 is 2.27 bits per heavy atom. The molecule has 2 aromatic carbocycles. The highest BCUT2D eigenvalue weighted by atomic mass is 35.5. The van der Waals surface area contributed by atoms with Crippen LogP contribution in [-0.4, -0.2) is 32.9 Å². The highest BCUT2D eigenvalue weighted by molar-refractivity contribution is 7.92. The van der Waals surface area contributed by atoms with E-state index >= 15 is 0 Å². The van der Waals surface area contributed by atoms with Crippen molar-refractivity contribution in [1.29, 1.82) is 0 Å². The fourth-order valence-corrected chi connectivity index (χ4v) is 3.42. The summed E-state index contributed by atoms with van der Waals surface area (Å²) in [5.74, 6) is -0.590. The molecule has 1 N–H and O–H groups in total. The molecular weight excluding hydrogens is 376 g/mol. The van der Waals surface area contributed by atoms with Crippen LogP contribution in [0.2, 0.25) is 5.02 Å². The third-order valence-electron chi connectivity index (χ3n) is 3.70. The summed E-state index contributed by atoms with van der Waals surface area (Å²) in [5, 5.41) is 3.00. The van der Waals surface area contributed by atoms with Crippen LogP contribution < -0.4 is 9.62 Å². The van der Waals surface area contributed by atoms with Gasteiger partial charge in [0.25, 0.3) is 0 Å². The molecule has 26 heavy (non-hydrogen) atoms. The number of nitrogens with one attached hydrogen (secondary N) is 1. The zero-order valence-electron chi connectivity index (χ0n) is 14.6. The van der Waals surface area contributed by atoms with Gasteiger partial charge in [0.05, 0.1) is 11.9 Å². The van der Waals surface area contributed by atoms with Crippen LogP contribution in [-0.2, 0) is 14.8 Å². The average Bonchev–Trinajstić information content (AvgIpc) is 2.54. The molecule has 0 heterocycles. The van der Waals surface area contributed by atoms with Crippen LogP contribution in [0.15, 0.2) is 42.5 Å². The molecule has 0 aliphatic rings. The molecule has 2 aromatic rings. The second kappa shape index (κ2) is 7.88. The summed E-state index contributed by atoms with van der Waals surface area (Å²) in [6, 6.07) is 11.2. The molecule has 0 saturated heterocycles. The Bertz CT molecular complexity index is 940. The highest BCUT2D eigenvalue weighted by Gasteiger charge is 2.22. The van der Waals surface area contributed by atoms with Gasteiger partial charge in [-0.3, -0.25) is 13.9 Å². The van der Waals surface area contributed by atoms with Crippen molar-refractivity contribution in [3.05, 3.63) is 58.6 Å². The number of aryl methyl sites for hydroxylation is 1. The second-order valence-corrected chi connectivity index (χ2v) is 8.23. The number of hydrogen-bond acceptors (Lipinski definition) is 4. The van der Waals surface area contributed by atoms with E-state index in [0.717, 1.165) is 10.6 Å². The van der Waals surface area contributed by atoms with Crippen molar-refractivity contribution >= 4 is 44.7 Å². The Hall–Kier alpha value is -2.38. The summed E-state index contributed by atoms with van der Waals surface area (Å²) >= 11 is 5.97. The van der Waals surface area contributed by atoms with E-state index < -0.39 is 22.5 Å². The molecule has 1 amide bonds. The third kappa shape index (κ3) is 5.06. The van der Waals surface area contributed by atoms with Gasteiger partial charge in [-0.25, -0.2) is 8.42 Å². The van der Waals surface area contributed by atoms with Gasteiger partial charge in [0, 0.05) is 16.3 Å². The van der Waals surface area contributed by atoms with Crippen LogP contribution in [0.5, 0.6) is 0 Å². The van der Waals surface area contributed by atoms with Crippen molar-refractivity contribution in [3.63, 3.8) is 0 Å². The highest BCUT2D eigenvalue weighted by Crippen LogP contribution is 2.26. The van der Waals surface area contributed by atoms with Crippen molar-refractivity contribution in [2.24, 2.45) is 0 Å². The largest absolute Gasteiger partial charge is 0.325 e. The molecule has 0 fully saturated rings. The lowest BCUT2D eigenvalue weighted by molar-refractivity contribution is -0.114. The van der Waals surface area contributed by atoms with Crippen molar-refractivity contribution < 1.29 is 18.0 Å². The van der Waals surface area contributed by atoms with Crippen LogP contribution in [0, 0.1) is 6.92 Å². The zero-order chi connectivity index (χ0) is 19.5. The van der Waals surface area contributed by atoms with E-state index in [0.29, 0.717) is 27.5 Å². The predicted octanol–water partition coefficient (Wildman–Crippen LogP) is 3.26. The van der Waals surface area contributed by atoms with E-state index in [1.54, 1.807) is 43.3 Å². The number of nitrogens with zero attached hydrogens (tertiary/aromatic N) is 1. The first kappa shape index (κ1) is 19.9. The Morgan fingerprint density at radius 2 is 1.73 bits per heavy atom. The lowest BCUT2D eigenvalue weighted by Gasteiger charge is -2.23. The number of anilines is 2. The van der Waals surface area contributed by atoms with Crippen molar-refractivity contribution in [2.75, 3.05) is 22.4 Å². The summed E-state index contributed by atoms with van der Waals surface area (Å²) in [5.41, 5.74) is 2.02. The molecule has 0 radical (unpaired) electrons. The van der Waals surface area contributed by atoms with Crippen LogP contribution >= 0.6 is 11.6 Å². The summed E-state index contributed by atoms with van der Waals surface area (Å²) in [6.45, 7) is 2.79. The van der Waals surface area contributed by atoms with Crippen LogP contribution in [0.1, 0.15) is 22.8 Å². The van der Waals surface area contributed by atoms with E-state index in [4.69, 9.17) is 11.6 Å². The standard InChI is InChI=1S/C18H19ClN2O4S/c1-12-4-7-15(19)10-17(12)21(26(3,24)25)11-18(23)20-16-8-5-14(6-9-16)13(2)22/h4-10H,11H2,1-3H3,(H,20,23).